The van der Waals surface area contributed by atoms with Crippen LogP contribution in [0.5, 0.6) is 0 Å². The smallest absolute Gasteiger partial charge is 0.246 e. The fourth-order valence-electron chi connectivity index (χ4n) is 2.21. The number of H-pyrrole nitrogens is 1. The molecule has 0 bridgehead atoms. The first-order valence-electron chi connectivity index (χ1n) is 6.08. The van der Waals surface area contributed by atoms with Crippen molar-refractivity contribution in [1.82, 2.24) is 19.8 Å². The molecule has 18 heavy (non-hydrogen) atoms. The van der Waals surface area contributed by atoms with E-state index in [-0.39, 0.29) is 10.4 Å². The van der Waals surface area contributed by atoms with Gasteiger partial charge in [-0.2, -0.15) is 9.40 Å². The fourth-order valence-corrected chi connectivity index (χ4v) is 3.77. The maximum atomic E-state index is 12.4. The first kappa shape index (κ1) is 13.5. The predicted molar refractivity (Wildman–Crippen MR) is 68.8 cm³/mol. The molecule has 2 heterocycles. The highest BCUT2D eigenvalue weighted by molar-refractivity contribution is 7.89. The summed E-state index contributed by atoms with van der Waals surface area (Å²) in [6.07, 6.45) is 3.02. The molecule has 0 atom stereocenters. The van der Waals surface area contributed by atoms with E-state index in [1.165, 1.54) is 6.20 Å². The normalized spacial score (nSPS) is 21.1. The van der Waals surface area contributed by atoms with Gasteiger partial charge in [0.25, 0.3) is 0 Å². The van der Waals surface area contributed by atoms with Crippen LogP contribution >= 0.6 is 0 Å². The quantitative estimate of drug-likeness (QED) is 0.839. The van der Waals surface area contributed by atoms with Gasteiger partial charge in [0.1, 0.15) is 4.90 Å². The molecular weight excluding hydrogens is 252 g/mol. The molecule has 1 aromatic rings. The summed E-state index contributed by atoms with van der Waals surface area (Å²) in [6.45, 7) is 4.94. The fraction of sp³-hybridized carbons (Fsp3) is 0.727. The highest BCUT2D eigenvalue weighted by atomic mass is 32.2. The molecule has 2 rings (SSSR count). The monoisotopic (exact) mass is 272 g/mol. The van der Waals surface area contributed by atoms with Gasteiger partial charge in [0, 0.05) is 18.6 Å². The highest BCUT2D eigenvalue weighted by Gasteiger charge is 2.35. The zero-order valence-electron chi connectivity index (χ0n) is 11.0. The van der Waals surface area contributed by atoms with Crippen molar-refractivity contribution in [3.63, 3.8) is 0 Å². The first-order valence-corrected chi connectivity index (χ1v) is 7.52. The van der Waals surface area contributed by atoms with Gasteiger partial charge in [-0.05, 0) is 33.7 Å². The van der Waals surface area contributed by atoms with Crippen LogP contribution in [0.15, 0.2) is 11.1 Å². The Balaban J connectivity index is 2.17. The number of nitrogens with zero attached hydrogens (tertiary/aromatic N) is 2. The van der Waals surface area contributed by atoms with E-state index >= 15 is 0 Å². The Morgan fingerprint density at radius 1 is 1.44 bits per heavy atom. The maximum absolute atomic E-state index is 12.4. The second kappa shape index (κ2) is 4.64. The van der Waals surface area contributed by atoms with Crippen LogP contribution in [-0.4, -0.2) is 48.6 Å². The Bertz CT molecular complexity index is 515. The lowest BCUT2D eigenvalue weighted by atomic mass is 9.91. The molecule has 0 amide bonds. The van der Waals surface area contributed by atoms with E-state index in [1.54, 1.807) is 11.2 Å². The number of nitrogens with one attached hydrogen (secondary N) is 2. The second-order valence-corrected chi connectivity index (χ2v) is 6.98. The lowest BCUT2D eigenvalue weighted by molar-refractivity contribution is 0.219. The second-order valence-electron chi connectivity index (χ2n) is 5.07. The van der Waals surface area contributed by atoms with Gasteiger partial charge in [-0.25, -0.2) is 8.42 Å². The third kappa shape index (κ3) is 2.30. The van der Waals surface area contributed by atoms with E-state index in [4.69, 9.17) is 0 Å². The van der Waals surface area contributed by atoms with Gasteiger partial charge in [0.05, 0.1) is 11.9 Å². The molecule has 1 fully saturated rings. The van der Waals surface area contributed by atoms with Crippen LogP contribution in [0.25, 0.3) is 0 Å². The number of aromatic amines is 1. The van der Waals surface area contributed by atoms with Crippen LogP contribution < -0.4 is 5.32 Å². The molecule has 1 aliphatic heterocycles. The summed E-state index contributed by atoms with van der Waals surface area (Å²) in [5.74, 6) is 0. The molecule has 1 aliphatic rings. The standard InChI is InChI=1S/C11H20N4O2S/c1-9-10(8-13-14-9)18(16,17)15-6-4-11(2,12-3)5-7-15/h8,12H,4-7H2,1-3H3,(H,13,14). The third-order valence-electron chi connectivity index (χ3n) is 3.83. The summed E-state index contributed by atoms with van der Waals surface area (Å²) in [5.41, 5.74) is 0.634. The number of piperidine rings is 1. The van der Waals surface area contributed by atoms with Crippen LogP contribution in [0.1, 0.15) is 25.5 Å². The van der Waals surface area contributed by atoms with Gasteiger partial charge in [-0.15, -0.1) is 0 Å². The minimum absolute atomic E-state index is 0.0391. The Kier molecular flexibility index (Phi) is 3.48. The molecule has 1 aromatic heterocycles. The molecule has 2 N–H and O–H groups in total. The van der Waals surface area contributed by atoms with Crippen LogP contribution in [-0.2, 0) is 10.0 Å². The van der Waals surface area contributed by atoms with E-state index in [0.29, 0.717) is 18.8 Å². The van der Waals surface area contributed by atoms with E-state index < -0.39 is 10.0 Å². The van der Waals surface area contributed by atoms with Crippen LogP contribution in [0.4, 0.5) is 0 Å². The summed E-state index contributed by atoms with van der Waals surface area (Å²) in [5, 5.41) is 9.72. The SMILES string of the molecule is CNC1(C)CCN(S(=O)(=O)c2cn[nH]c2C)CC1. The summed E-state index contributed by atoms with van der Waals surface area (Å²) in [7, 11) is -1.47. The predicted octanol–water partition coefficient (Wildman–Crippen LogP) is 0.481. The molecular formula is C11H20N4O2S. The topological polar surface area (TPSA) is 78.1 Å². The van der Waals surface area contributed by atoms with Crippen molar-refractivity contribution in [1.29, 1.82) is 0 Å². The van der Waals surface area contributed by atoms with Crippen molar-refractivity contribution in [2.75, 3.05) is 20.1 Å². The molecule has 0 aromatic carbocycles. The maximum Gasteiger partial charge on any atom is 0.246 e. The third-order valence-corrected chi connectivity index (χ3v) is 5.84. The van der Waals surface area contributed by atoms with Crippen LogP contribution in [0.3, 0.4) is 0 Å². The average molecular weight is 272 g/mol. The number of sulfonamides is 1. The zero-order chi connectivity index (χ0) is 13.4. The summed E-state index contributed by atoms with van der Waals surface area (Å²) < 4.78 is 26.4. The van der Waals surface area contributed by atoms with Crippen LogP contribution in [0.2, 0.25) is 0 Å². The number of aromatic nitrogens is 2. The Hall–Kier alpha value is -0.920. The molecule has 0 spiro atoms. The van der Waals surface area contributed by atoms with Crippen molar-refractivity contribution >= 4 is 10.0 Å². The van der Waals surface area contributed by atoms with Gasteiger partial charge in [-0.1, -0.05) is 0 Å². The van der Waals surface area contributed by atoms with E-state index in [1.807, 2.05) is 7.05 Å². The lowest BCUT2D eigenvalue weighted by Gasteiger charge is -2.38. The number of rotatable bonds is 3. The number of hydrogen-bond donors (Lipinski definition) is 2. The van der Waals surface area contributed by atoms with Gasteiger partial charge >= 0.3 is 0 Å². The van der Waals surface area contributed by atoms with Crippen molar-refractivity contribution in [2.24, 2.45) is 0 Å². The summed E-state index contributed by atoms with van der Waals surface area (Å²) in [6, 6.07) is 0. The molecule has 7 heteroatoms. The minimum atomic E-state index is -3.40. The molecule has 6 nitrogen and oxygen atoms in total. The zero-order valence-corrected chi connectivity index (χ0v) is 11.8. The van der Waals surface area contributed by atoms with Crippen molar-refractivity contribution in [3.8, 4) is 0 Å². The van der Waals surface area contributed by atoms with Gasteiger partial charge < -0.3 is 5.32 Å². The molecule has 0 aliphatic carbocycles. The van der Waals surface area contributed by atoms with Crippen molar-refractivity contribution in [3.05, 3.63) is 11.9 Å². The molecule has 0 radical (unpaired) electrons. The number of hydrogen-bond acceptors (Lipinski definition) is 4. The summed E-state index contributed by atoms with van der Waals surface area (Å²) in [4.78, 5) is 0.288. The first-order chi connectivity index (χ1) is 8.39. The molecule has 102 valence electrons. The van der Waals surface area contributed by atoms with Crippen molar-refractivity contribution in [2.45, 2.75) is 37.1 Å². The van der Waals surface area contributed by atoms with Gasteiger partial charge in [-0.3, -0.25) is 5.10 Å². The van der Waals surface area contributed by atoms with Crippen LogP contribution in [0, 0.1) is 6.92 Å². The lowest BCUT2D eigenvalue weighted by Crippen LogP contribution is -2.51. The Morgan fingerprint density at radius 2 is 2.06 bits per heavy atom. The summed E-state index contributed by atoms with van der Waals surface area (Å²) >= 11 is 0. The average Bonchev–Trinajstić information content (AvgIpc) is 2.77. The highest BCUT2D eigenvalue weighted by Crippen LogP contribution is 2.26. The largest absolute Gasteiger partial charge is 0.314 e. The Labute approximate surface area is 108 Å². The number of aryl methyl sites for hydroxylation is 1. The molecule has 1 saturated heterocycles. The van der Waals surface area contributed by atoms with E-state index in [9.17, 15) is 8.42 Å². The minimum Gasteiger partial charge on any atom is -0.314 e. The molecule has 0 unspecified atom stereocenters. The van der Waals surface area contributed by atoms with E-state index in [2.05, 4.69) is 22.4 Å². The molecule has 0 saturated carbocycles. The van der Waals surface area contributed by atoms with E-state index in [0.717, 1.165) is 12.8 Å². The Morgan fingerprint density at radius 3 is 2.50 bits per heavy atom. The van der Waals surface area contributed by atoms with Gasteiger partial charge in [0.2, 0.25) is 10.0 Å². The van der Waals surface area contributed by atoms with Crippen molar-refractivity contribution < 1.29 is 8.42 Å². The van der Waals surface area contributed by atoms with Gasteiger partial charge in [0.15, 0.2) is 0 Å².